The van der Waals surface area contributed by atoms with Gasteiger partial charge in [-0.15, -0.1) is 0 Å². The smallest absolute Gasteiger partial charge is 0.0450 e. The highest BCUT2D eigenvalue weighted by Crippen LogP contribution is 2.28. The van der Waals surface area contributed by atoms with Crippen LogP contribution in [0.5, 0.6) is 0 Å². The Morgan fingerprint density at radius 1 is 1.06 bits per heavy atom. The molecule has 0 saturated heterocycles. The van der Waals surface area contributed by atoms with Gasteiger partial charge in [0.25, 0.3) is 0 Å². The quantitative estimate of drug-likeness (QED) is 0.873. The molecule has 0 fully saturated rings. The van der Waals surface area contributed by atoms with E-state index < -0.39 is 0 Å². The van der Waals surface area contributed by atoms with Crippen molar-refractivity contribution >= 4 is 0 Å². The lowest BCUT2D eigenvalue weighted by molar-refractivity contribution is 0.581. The molecule has 0 aliphatic rings. The third-order valence-electron chi connectivity index (χ3n) is 3.24. The summed E-state index contributed by atoms with van der Waals surface area (Å²) in [6, 6.07) is 14.2. The Labute approximate surface area is 103 Å². The highest BCUT2D eigenvalue weighted by molar-refractivity contribution is 5.31. The van der Waals surface area contributed by atoms with Gasteiger partial charge in [0.15, 0.2) is 0 Å². The van der Waals surface area contributed by atoms with Crippen molar-refractivity contribution in [1.82, 2.24) is 4.98 Å². The number of nitrogens with zero attached hydrogens (tertiary/aromatic N) is 1. The Balaban J connectivity index is 2.27. The highest BCUT2D eigenvalue weighted by Gasteiger charge is 2.18. The number of benzene rings is 1. The van der Waals surface area contributed by atoms with Crippen LogP contribution >= 0.6 is 0 Å². The van der Waals surface area contributed by atoms with Gasteiger partial charge in [0.1, 0.15) is 0 Å². The molecule has 0 amide bonds. The van der Waals surface area contributed by atoms with E-state index >= 15 is 0 Å². The average molecular weight is 226 g/mol. The molecule has 2 unspecified atom stereocenters. The van der Waals surface area contributed by atoms with E-state index in [2.05, 4.69) is 31.0 Å². The van der Waals surface area contributed by atoms with Gasteiger partial charge in [-0.1, -0.05) is 37.3 Å². The molecule has 1 aromatic carbocycles. The van der Waals surface area contributed by atoms with Crippen LogP contribution in [0.4, 0.5) is 0 Å². The van der Waals surface area contributed by atoms with Crippen LogP contribution in [0, 0.1) is 6.92 Å². The second-order valence-electron chi connectivity index (χ2n) is 4.43. The van der Waals surface area contributed by atoms with Crippen molar-refractivity contribution in [2.24, 2.45) is 5.73 Å². The Hall–Kier alpha value is -1.67. The monoisotopic (exact) mass is 226 g/mol. The van der Waals surface area contributed by atoms with Crippen LogP contribution in [-0.4, -0.2) is 4.98 Å². The summed E-state index contributed by atoms with van der Waals surface area (Å²) < 4.78 is 0. The van der Waals surface area contributed by atoms with Gasteiger partial charge in [-0.3, -0.25) is 4.98 Å². The first-order valence-corrected chi connectivity index (χ1v) is 5.92. The van der Waals surface area contributed by atoms with Gasteiger partial charge in [0.05, 0.1) is 0 Å². The van der Waals surface area contributed by atoms with E-state index in [1.54, 1.807) is 0 Å². The number of hydrogen-bond donors (Lipinski definition) is 1. The zero-order chi connectivity index (χ0) is 12.3. The van der Waals surface area contributed by atoms with Crippen molar-refractivity contribution in [3.63, 3.8) is 0 Å². The van der Waals surface area contributed by atoms with Crippen LogP contribution in [-0.2, 0) is 0 Å². The Kier molecular flexibility index (Phi) is 3.55. The minimum absolute atomic E-state index is 0.00824. The SMILES string of the molecule is Cc1ccccc1C(N)C(C)c1ccccn1. The summed E-state index contributed by atoms with van der Waals surface area (Å²) in [6.45, 7) is 4.22. The maximum Gasteiger partial charge on any atom is 0.0450 e. The molecule has 0 aliphatic carbocycles. The zero-order valence-electron chi connectivity index (χ0n) is 10.3. The molecule has 0 aliphatic heterocycles. The number of rotatable bonds is 3. The fourth-order valence-corrected chi connectivity index (χ4v) is 2.06. The molecule has 2 heteroatoms. The van der Waals surface area contributed by atoms with Crippen molar-refractivity contribution in [3.05, 3.63) is 65.5 Å². The summed E-state index contributed by atoms with van der Waals surface area (Å²) in [5, 5.41) is 0. The average Bonchev–Trinajstić information content (AvgIpc) is 2.39. The fraction of sp³-hybridized carbons (Fsp3) is 0.267. The van der Waals surface area contributed by atoms with Gasteiger partial charge in [-0.2, -0.15) is 0 Å². The predicted molar refractivity (Wildman–Crippen MR) is 70.8 cm³/mol. The maximum absolute atomic E-state index is 6.33. The number of nitrogens with two attached hydrogens (primary N) is 1. The van der Waals surface area contributed by atoms with E-state index in [9.17, 15) is 0 Å². The molecule has 0 radical (unpaired) electrons. The molecular weight excluding hydrogens is 208 g/mol. The van der Waals surface area contributed by atoms with Gasteiger partial charge in [0.2, 0.25) is 0 Å². The first-order valence-electron chi connectivity index (χ1n) is 5.92. The molecule has 0 bridgehead atoms. The second-order valence-corrected chi connectivity index (χ2v) is 4.43. The van der Waals surface area contributed by atoms with E-state index in [1.165, 1.54) is 11.1 Å². The molecule has 1 aromatic heterocycles. The van der Waals surface area contributed by atoms with Crippen LogP contribution < -0.4 is 5.73 Å². The Bertz CT molecular complexity index is 479. The summed E-state index contributed by atoms with van der Waals surface area (Å²) in [5.41, 5.74) is 9.81. The third-order valence-corrected chi connectivity index (χ3v) is 3.24. The van der Waals surface area contributed by atoms with Gasteiger partial charge in [0, 0.05) is 23.9 Å². The molecule has 2 atom stereocenters. The second kappa shape index (κ2) is 5.11. The molecule has 1 heterocycles. The van der Waals surface area contributed by atoms with E-state index in [0.29, 0.717) is 0 Å². The number of aromatic nitrogens is 1. The Morgan fingerprint density at radius 3 is 2.41 bits per heavy atom. The molecule has 2 N–H and O–H groups in total. The first-order chi connectivity index (χ1) is 8.20. The van der Waals surface area contributed by atoms with Crippen molar-refractivity contribution in [3.8, 4) is 0 Å². The standard InChI is InChI=1S/C15H18N2/c1-11-7-3-4-8-13(11)15(16)12(2)14-9-5-6-10-17-14/h3-10,12,15H,16H2,1-2H3. The molecule has 17 heavy (non-hydrogen) atoms. The molecule has 2 aromatic rings. The van der Waals surface area contributed by atoms with Crippen LogP contribution in [0.3, 0.4) is 0 Å². The predicted octanol–water partition coefficient (Wildman–Crippen LogP) is 3.19. The molecule has 0 spiro atoms. The normalized spacial score (nSPS) is 14.3. The third kappa shape index (κ3) is 2.53. The van der Waals surface area contributed by atoms with E-state index in [-0.39, 0.29) is 12.0 Å². The number of pyridine rings is 1. The summed E-state index contributed by atoms with van der Waals surface area (Å²) in [6.07, 6.45) is 1.82. The van der Waals surface area contributed by atoms with Gasteiger partial charge < -0.3 is 5.73 Å². The molecule has 0 saturated carbocycles. The van der Waals surface area contributed by atoms with Crippen molar-refractivity contribution in [1.29, 1.82) is 0 Å². The van der Waals surface area contributed by atoms with Gasteiger partial charge in [-0.25, -0.2) is 0 Å². The van der Waals surface area contributed by atoms with E-state index in [1.807, 2.05) is 36.5 Å². The minimum Gasteiger partial charge on any atom is -0.323 e. The fourth-order valence-electron chi connectivity index (χ4n) is 2.06. The van der Waals surface area contributed by atoms with Crippen LogP contribution in [0.25, 0.3) is 0 Å². The molecule has 2 nitrogen and oxygen atoms in total. The maximum atomic E-state index is 6.33. The first kappa shape index (κ1) is 11.8. The lowest BCUT2D eigenvalue weighted by Gasteiger charge is -2.21. The summed E-state index contributed by atoms with van der Waals surface area (Å²) in [4.78, 5) is 4.37. The van der Waals surface area contributed by atoms with Crippen molar-refractivity contribution in [2.75, 3.05) is 0 Å². The van der Waals surface area contributed by atoms with Crippen molar-refractivity contribution in [2.45, 2.75) is 25.8 Å². The number of hydrogen-bond acceptors (Lipinski definition) is 2. The summed E-state index contributed by atoms with van der Waals surface area (Å²) in [7, 11) is 0. The van der Waals surface area contributed by atoms with Crippen LogP contribution in [0.2, 0.25) is 0 Å². The summed E-state index contributed by atoms with van der Waals surface area (Å²) in [5.74, 6) is 0.220. The van der Waals surface area contributed by atoms with Crippen molar-refractivity contribution < 1.29 is 0 Å². The highest BCUT2D eigenvalue weighted by atomic mass is 14.7. The van der Waals surface area contributed by atoms with Crippen LogP contribution in [0.15, 0.2) is 48.7 Å². The van der Waals surface area contributed by atoms with Crippen LogP contribution in [0.1, 0.15) is 35.7 Å². The molecule has 2 rings (SSSR count). The lowest BCUT2D eigenvalue weighted by Crippen LogP contribution is -2.19. The largest absolute Gasteiger partial charge is 0.323 e. The van der Waals surface area contributed by atoms with Gasteiger partial charge in [-0.05, 0) is 30.2 Å². The zero-order valence-corrected chi connectivity index (χ0v) is 10.3. The van der Waals surface area contributed by atoms with E-state index in [4.69, 9.17) is 5.73 Å². The lowest BCUT2D eigenvalue weighted by atomic mass is 9.90. The summed E-state index contributed by atoms with van der Waals surface area (Å²) >= 11 is 0. The topological polar surface area (TPSA) is 38.9 Å². The molecular formula is C15H18N2. The van der Waals surface area contributed by atoms with E-state index in [0.717, 1.165) is 5.69 Å². The Morgan fingerprint density at radius 2 is 1.76 bits per heavy atom. The number of aryl methyl sites for hydroxylation is 1. The minimum atomic E-state index is -0.00824. The molecule has 88 valence electrons. The van der Waals surface area contributed by atoms with Gasteiger partial charge >= 0.3 is 0 Å².